The molecule has 0 bridgehead atoms. The van der Waals surface area contributed by atoms with Crippen molar-refractivity contribution in [2.45, 2.75) is 209 Å². The number of hydrogen-bond donors (Lipinski definition) is 12. The predicted molar refractivity (Wildman–Crippen MR) is 386 cm³/mol. The highest BCUT2D eigenvalue weighted by atomic mass is 32.2. The zero-order chi connectivity index (χ0) is 71.0. The highest BCUT2D eigenvalue weighted by Gasteiger charge is 2.45. The molecule has 0 spiro atoms. The normalized spacial score (nSPS) is 28.7. The molecular weight excluding hydrogens is 1370 g/mol. The minimum absolute atomic E-state index is 0.0706. The molecule has 5 saturated carbocycles. The van der Waals surface area contributed by atoms with Crippen molar-refractivity contribution in [1.82, 2.24) is 74.9 Å². The molecule has 6 aromatic heterocycles. The molecule has 12 N–H and O–H groups in total. The van der Waals surface area contributed by atoms with Gasteiger partial charge < -0.3 is 71.4 Å². The largest absolute Gasteiger partial charge is 0.394 e. The van der Waals surface area contributed by atoms with Gasteiger partial charge in [0.05, 0.1) is 50.7 Å². The number of fused-ring (bicyclic) bond motifs is 3. The van der Waals surface area contributed by atoms with Gasteiger partial charge in [-0.3, -0.25) is 0 Å². The molecule has 6 aliphatic rings. The summed E-state index contributed by atoms with van der Waals surface area (Å²) in [4.78, 5) is 28.3. The lowest BCUT2D eigenvalue weighted by Gasteiger charge is -2.37. The van der Waals surface area contributed by atoms with Crippen molar-refractivity contribution in [1.29, 1.82) is 0 Å². The summed E-state index contributed by atoms with van der Waals surface area (Å²) in [5, 5.41) is 130. The molecule has 6 aliphatic carbocycles. The third-order valence-electron chi connectivity index (χ3n) is 19.3. The first kappa shape index (κ1) is 73.2. The van der Waals surface area contributed by atoms with E-state index in [0.717, 1.165) is 55.8 Å². The van der Waals surface area contributed by atoms with E-state index in [1.807, 2.05) is 18.2 Å². The van der Waals surface area contributed by atoms with Gasteiger partial charge in [0.2, 0.25) is 0 Å². The maximum atomic E-state index is 10.9. The third kappa shape index (κ3) is 16.7. The summed E-state index contributed by atoms with van der Waals surface area (Å²) in [6, 6.07) is 30.3. The highest BCUT2D eigenvalue weighted by Crippen LogP contribution is 2.47. The molecule has 29 nitrogen and oxygen atoms in total. The second-order valence-electron chi connectivity index (χ2n) is 26.6. The Hall–Kier alpha value is -7.15. The molecule has 6 heterocycles. The van der Waals surface area contributed by atoms with E-state index in [1.54, 1.807) is 56.8 Å². The summed E-state index contributed by atoms with van der Waals surface area (Å²) < 4.78 is 15.7. The first-order valence-corrected chi connectivity index (χ1v) is 38.3. The van der Waals surface area contributed by atoms with Crippen LogP contribution in [0.4, 0.5) is 17.5 Å². The number of nitrogens with zero attached hydrogens (tertiary/aromatic N) is 15. The minimum atomic E-state index is -1.22. The van der Waals surface area contributed by atoms with E-state index in [4.69, 9.17) is 44.6 Å². The van der Waals surface area contributed by atoms with Crippen LogP contribution in [0.3, 0.4) is 0 Å². The quantitative estimate of drug-likeness (QED) is 0.0156. The van der Waals surface area contributed by atoms with Crippen LogP contribution in [0.2, 0.25) is 0 Å². The number of anilines is 3. The lowest BCUT2D eigenvalue weighted by molar-refractivity contribution is -0.134. The SMILES string of the molecule is CCCSc1nc(N[C@@H]2C[C@H]2c2ccccc2)c2nnn([C@@H]3C=C[C@H](OCCO)[C@@H](O)[C@H]3O)c2n1.CCCSc1nc(N[C@@H]2C[C@H]2c2ccccc2)c2nnn([C@@H]3CC[C@H](O)[C@@H](O)[C@H]3O)c2n1.CCCSc1nc(N[C@@H]2C[C@H]2c2ccccc2)c2nnn([C@@H]3CC[C@H](OCCO)[C@@H](O)[C@H]3O)c2n1. The van der Waals surface area contributed by atoms with Crippen LogP contribution in [0.5, 0.6) is 0 Å². The van der Waals surface area contributed by atoms with Crippen LogP contribution in [-0.2, 0) is 9.47 Å². The molecule has 544 valence electrons. The van der Waals surface area contributed by atoms with E-state index in [1.165, 1.54) is 21.4 Å². The Morgan fingerprint density at radius 1 is 0.431 bits per heavy atom. The van der Waals surface area contributed by atoms with Crippen molar-refractivity contribution in [3.05, 3.63) is 120 Å². The van der Waals surface area contributed by atoms with E-state index in [9.17, 15) is 35.7 Å². The van der Waals surface area contributed by atoms with Crippen molar-refractivity contribution < 1.29 is 55.4 Å². The Morgan fingerprint density at radius 3 is 1.25 bits per heavy atom. The topological polar surface area (TPSA) is 406 Å². The van der Waals surface area contributed by atoms with E-state index < -0.39 is 73.1 Å². The Bertz CT molecular complexity index is 4230. The summed E-state index contributed by atoms with van der Waals surface area (Å²) in [5.74, 6) is 5.84. The van der Waals surface area contributed by atoms with E-state index in [0.29, 0.717) is 110 Å². The molecule has 15 rings (SSSR count). The molecule has 0 aliphatic heterocycles. The lowest BCUT2D eigenvalue weighted by atomic mass is 9.87. The number of nitrogens with one attached hydrogen (secondary N) is 3. The number of aliphatic hydroxyl groups is 9. The first-order chi connectivity index (χ1) is 49.8. The second-order valence-corrected chi connectivity index (χ2v) is 29.8. The zero-order valence-electron chi connectivity index (χ0n) is 57.0. The van der Waals surface area contributed by atoms with Gasteiger partial charge in [-0.2, -0.15) is 0 Å². The molecule has 3 aromatic carbocycles. The lowest BCUT2D eigenvalue weighted by Crippen LogP contribution is -2.48. The molecule has 9 aromatic rings. The van der Waals surface area contributed by atoms with Gasteiger partial charge in [-0.05, 0) is 80.9 Å². The van der Waals surface area contributed by atoms with Gasteiger partial charge in [-0.15, -0.1) is 15.3 Å². The second kappa shape index (κ2) is 33.7. The smallest absolute Gasteiger partial charge is 0.191 e. The number of ether oxygens (including phenoxy) is 2. The van der Waals surface area contributed by atoms with Gasteiger partial charge >= 0.3 is 0 Å². The fraction of sp³-hybridized carbons (Fsp3) is 0.543. The van der Waals surface area contributed by atoms with Gasteiger partial charge in [0, 0.05) is 53.1 Å². The molecule has 0 saturated heterocycles. The average molecular weight is 1460 g/mol. The molecule has 102 heavy (non-hydrogen) atoms. The zero-order valence-corrected chi connectivity index (χ0v) is 59.5. The number of hydrogen-bond acceptors (Lipinski definition) is 29. The minimum Gasteiger partial charge on any atom is -0.394 e. The van der Waals surface area contributed by atoms with Crippen LogP contribution in [0, 0.1) is 0 Å². The number of rotatable bonds is 27. The van der Waals surface area contributed by atoms with Crippen molar-refractivity contribution in [3.63, 3.8) is 0 Å². The molecule has 0 amide bonds. The fourth-order valence-corrected chi connectivity index (χ4v) is 15.6. The number of aromatic nitrogens is 15. The van der Waals surface area contributed by atoms with Crippen LogP contribution < -0.4 is 16.0 Å². The molecule has 32 heteroatoms. The average Bonchev–Trinajstić information content (AvgIpc) is 1.42. The van der Waals surface area contributed by atoms with Crippen LogP contribution in [0.1, 0.15) is 138 Å². The predicted octanol–water partition coefficient (Wildman–Crippen LogP) is 6.14. The first-order valence-electron chi connectivity index (χ1n) is 35.4. The molecule has 0 unspecified atom stereocenters. The number of aliphatic hydroxyl groups excluding tert-OH is 9. The third-order valence-corrected chi connectivity index (χ3v) is 22.4. The molecule has 5 fully saturated rings. The molecular formula is C70H90N18O11S3. The van der Waals surface area contributed by atoms with Gasteiger partial charge in [-0.25, -0.2) is 43.9 Å². The van der Waals surface area contributed by atoms with Crippen LogP contribution in [0.25, 0.3) is 33.5 Å². The summed E-state index contributed by atoms with van der Waals surface area (Å²) in [7, 11) is 0. The number of thioether (sulfide) groups is 3. The standard InChI is InChI=1S/C24H32N6O4S.C24H30N6O4S.C22H28N6O3S/c2*1-2-12-35-24-26-22(25-16-13-15(16)14-6-4-3-5-7-14)19-23(27-24)30(29-28-19)17-8-9-18(34-11-10-31)21(33)20(17)32;1-2-10-32-22-24-20(23-14-11-13(14)12-6-4-3-5-7-12)17-21(25-22)28(27-26-17)15-8-9-16(29)19(31)18(15)30/h3-7,15-18,20-21,31-33H,2,8-13H2,1H3,(H,25,26,27);3-9,15-18,20-21,31-33H,2,10-13H2,1H3,(H,25,26,27);3-7,13-16,18-19,29-31H,2,8-11H2,1H3,(H,23,24,25)/t2*15-,16+,17+,18-,20-,21+;13-,14+,15+,16-,18-,19+/m000/s1. The van der Waals surface area contributed by atoms with Gasteiger partial charge in [0.1, 0.15) is 48.8 Å². The van der Waals surface area contributed by atoms with Gasteiger partial charge in [0.25, 0.3) is 0 Å². The van der Waals surface area contributed by atoms with Crippen molar-refractivity contribution in [2.24, 2.45) is 0 Å². The fourth-order valence-electron chi connectivity index (χ4n) is 13.5. The van der Waals surface area contributed by atoms with E-state index in [-0.39, 0.29) is 44.6 Å². The monoisotopic (exact) mass is 1450 g/mol. The Kier molecular flexibility index (Phi) is 24.2. The van der Waals surface area contributed by atoms with Crippen LogP contribution >= 0.6 is 35.3 Å². The van der Waals surface area contributed by atoms with Crippen molar-refractivity contribution in [3.8, 4) is 0 Å². The molecule has 18 atom stereocenters. The maximum absolute atomic E-state index is 10.9. The summed E-state index contributed by atoms with van der Waals surface area (Å²) in [6.07, 6.45) is 2.23. The van der Waals surface area contributed by atoms with Gasteiger partial charge in [0.15, 0.2) is 66.4 Å². The highest BCUT2D eigenvalue weighted by molar-refractivity contribution is 7.99. The number of benzene rings is 3. The Balaban J connectivity index is 0.000000137. The Morgan fingerprint density at radius 2 is 0.824 bits per heavy atom. The summed E-state index contributed by atoms with van der Waals surface area (Å²) in [5.41, 5.74) is 7.11. The summed E-state index contributed by atoms with van der Waals surface area (Å²) >= 11 is 4.71. The van der Waals surface area contributed by atoms with Crippen molar-refractivity contribution >= 4 is 86.2 Å². The van der Waals surface area contributed by atoms with E-state index >= 15 is 0 Å². The molecule has 0 radical (unpaired) electrons. The van der Waals surface area contributed by atoms with E-state index in [2.05, 4.69) is 145 Å². The van der Waals surface area contributed by atoms with Crippen LogP contribution in [0.15, 0.2) is 119 Å². The Labute approximate surface area is 602 Å². The van der Waals surface area contributed by atoms with Crippen molar-refractivity contribution in [2.75, 3.05) is 59.6 Å². The van der Waals surface area contributed by atoms with Gasteiger partial charge in [-0.1, -0.05) is 175 Å². The maximum Gasteiger partial charge on any atom is 0.191 e. The summed E-state index contributed by atoms with van der Waals surface area (Å²) in [6.45, 7) is 6.22. The van der Waals surface area contributed by atoms with Crippen LogP contribution in [-0.4, -0.2) is 238 Å².